The molecule has 17 rings (SSSR count). The minimum atomic E-state index is -1.66. The van der Waals surface area contributed by atoms with Gasteiger partial charge in [-0.1, -0.05) is 332 Å². The Hall–Kier alpha value is -13.2. The van der Waals surface area contributed by atoms with Crippen molar-refractivity contribution in [3.63, 3.8) is 0 Å². The number of unbranched alkanes of at least 4 members (excludes halogenated alkanes) is 8. The highest BCUT2D eigenvalue weighted by molar-refractivity contribution is 6.83. The topological polar surface area (TPSA) is 74.6 Å². The molecule has 2 bridgehead atoms. The Kier molecular flexibility index (Phi) is 20.7. The zero-order chi connectivity index (χ0) is 76.9. The molecule has 0 heterocycles. The molecular formula is C107H84O4Si. The number of hydrogen-bond donors (Lipinski definition) is 2. The lowest BCUT2D eigenvalue weighted by molar-refractivity contribution is 0.0687. The van der Waals surface area contributed by atoms with Gasteiger partial charge >= 0.3 is 11.9 Å². The van der Waals surface area contributed by atoms with E-state index in [1.54, 1.807) is 0 Å². The van der Waals surface area contributed by atoms with Crippen molar-refractivity contribution < 1.29 is 19.8 Å². The van der Waals surface area contributed by atoms with E-state index in [-0.39, 0.29) is 17.0 Å². The normalized spacial score (nSPS) is 13.8. The Morgan fingerprint density at radius 3 is 1.15 bits per heavy atom. The van der Waals surface area contributed by atoms with Crippen LogP contribution in [0.25, 0.3) is 98.7 Å². The second-order valence-electron chi connectivity index (χ2n) is 30.6. The lowest BCUT2D eigenvalue weighted by Gasteiger charge is -2.50. The quantitative estimate of drug-likeness (QED) is 0.0438. The van der Waals surface area contributed by atoms with Crippen LogP contribution in [0.1, 0.15) is 171 Å². The van der Waals surface area contributed by atoms with E-state index in [0.717, 1.165) is 207 Å². The Labute approximate surface area is 659 Å². The van der Waals surface area contributed by atoms with Crippen LogP contribution in [0, 0.1) is 58.8 Å². The van der Waals surface area contributed by atoms with Gasteiger partial charge in [0.15, 0.2) is 0 Å². The molecule has 0 saturated carbocycles. The molecule has 0 amide bonds. The largest absolute Gasteiger partial charge is 0.478 e. The second kappa shape index (κ2) is 31.8. The molecule has 0 spiro atoms. The van der Waals surface area contributed by atoms with Gasteiger partial charge in [-0.25, -0.2) is 9.59 Å². The van der Waals surface area contributed by atoms with Gasteiger partial charge in [-0.3, -0.25) is 0 Å². The molecule has 0 saturated heterocycles. The molecule has 2 N–H and O–H groups in total. The van der Waals surface area contributed by atoms with Crippen LogP contribution in [0.5, 0.6) is 0 Å². The summed E-state index contributed by atoms with van der Waals surface area (Å²) >= 11 is 0. The fourth-order valence-electron chi connectivity index (χ4n) is 16.7. The van der Waals surface area contributed by atoms with Crippen molar-refractivity contribution in [3.8, 4) is 103 Å². The predicted molar refractivity (Wildman–Crippen MR) is 468 cm³/mol. The monoisotopic (exact) mass is 1460 g/mol. The zero-order valence-electron chi connectivity index (χ0n) is 63.9. The fourth-order valence-corrected chi connectivity index (χ4v) is 17.2. The Morgan fingerprint density at radius 1 is 0.366 bits per heavy atom. The first-order valence-electron chi connectivity index (χ1n) is 39.3. The van der Waals surface area contributed by atoms with Gasteiger partial charge < -0.3 is 10.2 Å². The average molecular weight is 1460 g/mol. The summed E-state index contributed by atoms with van der Waals surface area (Å²) in [5, 5.41) is 31.8. The summed E-state index contributed by atoms with van der Waals surface area (Å²) in [4.78, 5) is 28.1. The molecule has 0 unspecified atom stereocenters. The molecule has 14 aromatic carbocycles. The number of aromatic carboxylic acids is 2. The standard InChI is InChI=1S/C107H84O4Si/c1-6-8-10-12-14-16-30-75-66-93(77-51-44-72(45-52-77)50-61-90-86-36-22-18-32-82(86)70-83-33-19-23-37-87(83)90)102(105(108)109)94(67-75)78-53-46-73(47-54-78)62-64-107-97-42-28-26-40-91(97)100(92-41-27-29-43-98(92)107)99(104(107)101-88-38-24-20-34-84(88)71-85-35-21-25-39-89(85)101)81-59-57-80(58-60-81)96-69-76(31-17-15-13-11-9-7-2)68-95(103(96)106(110)111)79-55-48-74(49-56-79)63-65-112(3,4)5/h18-29,32-49,51-60,66-71,100H,6-15H2,1-5H3,(H,108,109)(H,110,111). The molecule has 3 aliphatic rings. The highest BCUT2D eigenvalue weighted by Gasteiger charge is 2.54. The second-order valence-corrected chi connectivity index (χ2v) is 35.3. The molecule has 0 aliphatic heterocycles. The van der Waals surface area contributed by atoms with Crippen molar-refractivity contribution in [1.29, 1.82) is 0 Å². The van der Waals surface area contributed by atoms with Crippen LogP contribution in [0.3, 0.4) is 0 Å². The molecule has 0 atom stereocenters. The average Bonchev–Trinajstić information content (AvgIpc) is 0.667. The minimum Gasteiger partial charge on any atom is -0.478 e. The number of carboxylic acids is 2. The van der Waals surface area contributed by atoms with Crippen LogP contribution in [0.2, 0.25) is 19.6 Å². The maximum atomic E-state index is 14.0. The van der Waals surface area contributed by atoms with Gasteiger partial charge in [-0.2, -0.15) is 0 Å². The number of fused-ring (bicyclic) bond motifs is 4. The van der Waals surface area contributed by atoms with Crippen molar-refractivity contribution >= 4 is 74.2 Å². The van der Waals surface area contributed by atoms with Gasteiger partial charge in [0.05, 0.1) is 11.1 Å². The highest BCUT2D eigenvalue weighted by atomic mass is 28.3. The van der Waals surface area contributed by atoms with Crippen LogP contribution in [0.15, 0.2) is 279 Å². The summed E-state index contributed by atoms with van der Waals surface area (Å²) in [7, 11) is -1.66. The van der Waals surface area contributed by atoms with Crippen LogP contribution in [-0.4, -0.2) is 30.2 Å². The van der Waals surface area contributed by atoms with Crippen LogP contribution < -0.4 is 0 Å². The first-order valence-corrected chi connectivity index (χ1v) is 42.8. The summed E-state index contributed by atoms with van der Waals surface area (Å²) in [6.07, 6.45) is 10.3. The highest BCUT2D eigenvalue weighted by Crippen LogP contribution is 2.65. The third-order valence-electron chi connectivity index (χ3n) is 22.0. The van der Waals surface area contributed by atoms with E-state index >= 15 is 0 Å². The molecule has 4 nitrogen and oxygen atoms in total. The van der Waals surface area contributed by atoms with E-state index in [4.69, 9.17) is 0 Å². The lowest BCUT2D eigenvalue weighted by Crippen LogP contribution is -2.41. The smallest absolute Gasteiger partial charge is 0.336 e. The SMILES string of the molecule is CCCCCCC#Cc1cc(-c2ccc(C#Cc3c4ccccc4cc4ccccc34)cc2)c(C(=O)O)c(-c2ccc(C#CC34C(c5c6ccccc6cc6ccccc56)=C(c5ccc(-c6cc(C#CCCCCCC)cc(-c7ccc(C#C[Si](C)(C)C)cc7)c6C(=O)O)cc5)C(c5ccccc53)c3ccccc34)cc2)c1. The summed E-state index contributed by atoms with van der Waals surface area (Å²) < 4.78 is 0. The summed E-state index contributed by atoms with van der Waals surface area (Å²) in [6.45, 7) is 11.1. The van der Waals surface area contributed by atoms with E-state index in [1.165, 1.54) is 0 Å². The minimum absolute atomic E-state index is 0.181. The van der Waals surface area contributed by atoms with Crippen molar-refractivity contribution in [2.75, 3.05) is 0 Å². The molecule has 0 radical (unpaired) electrons. The number of carboxylic acid groups (broad SMARTS) is 2. The maximum Gasteiger partial charge on any atom is 0.336 e. The van der Waals surface area contributed by atoms with Crippen molar-refractivity contribution in [1.82, 2.24) is 0 Å². The lowest BCUT2D eigenvalue weighted by atomic mass is 9.51. The van der Waals surface area contributed by atoms with Crippen molar-refractivity contribution in [2.24, 2.45) is 0 Å². The molecule has 112 heavy (non-hydrogen) atoms. The number of benzene rings is 14. The Morgan fingerprint density at radius 2 is 0.732 bits per heavy atom. The van der Waals surface area contributed by atoms with E-state index in [2.05, 4.69) is 274 Å². The Bertz CT molecular complexity index is 6310. The van der Waals surface area contributed by atoms with E-state index in [9.17, 15) is 19.8 Å². The van der Waals surface area contributed by atoms with E-state index in [1.807, 2.05) is 97.1 Å². The number of allylic oxidation sites excluding steroid dienone is 2. The summed E-state index contributed by atoms with van der Waals surface area (Å²) in [5.41, 5.74) is 21.9. The number of rotatable bonds is 16. The molecule has 5 heteroatoms. The molecule has 0 fully saturated rings. The zero-order valence-corrected chi connectivity index (χ0v) is 64.9. The maximum absolute atomic E-state index is 14.0. The number of hydrogen-bond acceptors (Lipinski definition) is 2. The summed E-state index contributed by atoms with van der Waals surface area (Å²) in [6, 6.07) is 96.5. The predicted octanol–water partition coefficient (Wildman–Crippen LogP) is 26.0. The van der Waals surface area contributed by atoms with E-state index < -0.39 is 25.4 Å². The number of carbonyl (C=O) groups is 2. The first kappa shape index (κ1) is 73.0. The first-order chi connectivity index (χ1) is 54.7. The Balaban J connectivity index is 0.847. The van der Waals surface area contributed by atoms with Gasteiger partial charge in [0.25, 0.3) is 0 Å². The van der Waals surface area contributed by atoms with Crippen molar-refractivity contribution in [3.05, 3.63) is 357 Å². The van der Waals surface area contributed by atoms with E-state index in [0.29, 0.717) is 22.3 Å². The molecule has 14 aromatic rings. The van der Waals surface area contributed by atoms with Gasteiger partial charge in [0.1, 0.15) is 13.5 Å². The van der Waals surface area contributed by atoms with Gasteiger partial charge in [0.2, 0.25) is 0 Å². The third kappa shape index (κ3) is 14.5. The third-order valence-corrected chi connectivity index (χ3v) is 22.8. The van der Waals surface area contributed by atoms with Crippen LogP contribution in [-0.2, 0) is 5.41 Å². The van der Waals surface area contributed by atoms with Gasteiger partial charge in [-0.05, 0) is 218 Å². The molecule has 540 valence electrons. The fraction of sp³-hybridized carbons (Fsp3) is 0.159. The van der Waals surface area contributed by atoms with Crippen molar-refractivity contribution in [2.45, 2.75) is 109 Å². The van der Waals surface area contributed by atoms with Crippen LogP contribution >= 0.6 is 0 Å². The molecule has 3 aliphatic carbocycles. The van der Waals surface area contributed by atoms with Crippen LogP contribution in [0.4, 0.5) is 0 Å². The van der Waals surface area contributed by atoms with Gasteiger partial charge in [0, 0.05) is 52.1 Å². The van der Waals surface area contributed by atoms with Gasteiger partial charge in [-0.15, -0.1) is 5.54 Å². The molecular weight excluding hydrogens is 1380 g/mol. The summed E-state index contributed by atoms with van der Waals surface area (Å²) in [5.74, 6) is 29.9. The molecule has 0 aromatic heterocycles.